The van der Waals surface area contributed by atoms with E-state index in [1.807, 2.05) is 12.1 Å². The maximum atomic E-state index is 6.34. The Kier molecular flexibility index (Phi) is 4.39. The Labute approximate surface area is 132 Å². The van der Waals surface area contributed by atoms with Gasteiger partial charge < -0.3 is 0 Å². The largest absolute Gasteiger partial charge is 0.0840 e. The summed E-state index contributed by atoms with van der Waals surface area (Å²) in [5.41, 5.74) is 1.18. The Morgan fingerprint density at radius 1 is 0.667 bits per heavy atom. The first-order chi connectivity index (χ1) is 10.3. The molecule has 0 nitrogen and oxygen atoms in total. The van der Waals surface area contributed by atoms with E-state index in [1.54, 1.807) is 0 Å². The molecular weight excluding hydrogens is 295 g/mol. The third-order valence-corrected chi connectivity index (χ3v) is 6.51. The molecule has 0 atom stereocenters. The van der Waals surface area contributed by atoms with E-state index in [-0.39, 0.29) is 0 Å². The van der Waals surface area contributed by atoms with Crippen molar-refractivity contribution in [2.75, 3.05) is 0 Å². The highest BCUT2D eigenvalue weighted by Gasteiger charge is 2.18. The van der Waals surface area contributed by atoms with Crippen LogP contribution in [0.15, 0.2) is 78.9 Å². The first-order valence-electron chi connectivity index (χ1n) is 6.93. The van der Waals surface area contributed by atoms with Gasteiger partial charge >= 0.3 is 0 Å². The van der Waals surface area contributed by atoms with Crippen molar-refractivity contribution in [3.05, 3.63) is 89.4 Å². The molecule has 0 N–H and O–H groups in total. The van der Waals surface area contributed by atoms with Crippen LogP contribution in [0.5, 0.6) is 0 Å². The van der Waals surface area contributed by atoms with Crippen LogP contribution in [0.3, 0.4) is 0 Å². The molecule has 0 unspecified atom stereocenters. The van der Waals surface area contributed by atoms with Crippen LogP contribution in [0, 0.1) is 6.92 Å². The van der Waals surface area contributed by atoms with E-state index in [9.17, 15) is 0 Å². The molecule has 104 valence electrons. The minimum atomic E-state index is -0.567. The quantitative estimate of drug-likeness (QED) is 0.629. The first-order valence-corrected chi connectivity index (χ1v) is 8.64. The number of hydrogen-bond acceptors (Lipinski definition) is 0. The highest BCUT2D eigenvalue weighted by Crippen LogP contribution is 2.35. The zero-order valence-corrected chi connectivity index (χ0v) is 13.5. The molecule has 0 saturated heterocycles. The zero-order valence-electron chi connectivity index (χ0n) is 11.8. The van der Waals surface area contributed by atoms with Gasteiger partial charge in [-0.25, -0.2) is 0 Å². The van der Waals surface area contributed by atoms with E-state index < -0.39 is 7.92 Å². The van der Waals surface area contributed by atoms with Crippen LogP contribution < -0.4 is 15.9 Å². The molecule has 0 aliphatic rings. The molecule has 3 aromatic carbocycles. The van der Waals surface area contributed by atoms with Crippen LogP contribution in [0.25, 0.3) is 0 Å². The molecule has 0 aromatic heterocycles. The monoisotopic (exact) mass is 310 g/mol. The minimum Gasteiger partial charge on any atom is -0.0840 e. The molecule has 0 saturated carbocycles. The molecule has 2 heteroatoms. The van der Waals surface area contributed by atoms with Crippen LogP contribution in [0.1, 0.15) is 5.56 Å². The second kappa shape index (κ2) is 6.43. The molecule has 0 spiro atoms. The Morgan fingerprint density at radius 3 is 1.71 bits per heavy atom. The Balaban J connectivity index is 2.20. The molecule has 0 aliphatic carbocycles. The van der Waals surface area contributed by atoms with Crippen molar-refractivity contribution >= 4 is 35.4 Å². The summed E-state index contributed by atoms with van der Waals surface area (Å²) in [5, 5.41) is 4.87. The zero-order chi connectivity index (χ0) is 14.7. The highest BCUT2D eigenvalue weighted by molar-refractivity contribution is 7.79. The van der Waals surface area contributed by atoms with Gasteiger partial charge in [0.05, 0.1) is 0 Å². The van der Waals surface area contributed by atoms with Gasteiger partial charge in [-0.2, -0.15) is 0 Å². The van der Waals surface area contributed by atoms with Crippen LogP contribution in [-0.4, -0.2) is 0 Å². The predicted octanol–water partition coefficient (Wildman–Crippen LogP) is 4.41. The number of halogens is 1. The van der Waals surface area contributed by atoms with E-state index in [2.05, 4.69) is 73.7 Å². The van der Waals surface area contributed by atoms with E-state index >= 15 is 0 Å². The Hall–Kier alpha value is -1.62. The smallest absolute Gasteiger partial charge is 0.0441 e. The predicted molar refractivity (Wildman–Crippen MR) is 94.9 cm³/mol. The number of benzene rings is 3. The molecule has 3 rings (SSSR count). The fourth-order valence-corrected chi connectivity index (χ4v) is 5.15. The summed E-state index contributed by atoms with van der Waals surface area (Å²) >= 11 is 6.34. The number of hydrogen-bond donors (Lipinski definition) is 0. The summed E-state index contributed by atoms with van der Waals surface area (Å²) in [7, 11) is -0.567. The van der Waals surface area contributed by atoms with Gasteiger partial charge in [-0.15, -0.1) is 0 Å². The maximum absolute atomic E-state index is 6.34. The summed E-state index contributed by atoms with van der Waals surface area (Å²) in [6, 6.07) is 27.6. The van der Waals surface area contributed by atoms with Crippen LogP contribution in [0.2, 0.25) is 5.02 Å². The lowest BCUT2D eigenvalue weighted by Crippen LogP contribution is -2.22. The van der Waals surface area contributed by atoms with E-state index in [1.165, 1.54) is 21.5 Å². The molecule has 0 radical (unpaired) electrons. The van der Waals surface area contributed by atoms with Gasteiger partial charge in [0.1, 0.15) is 0 Å². The lowest BCUT2D eigenvalue weighted by atomic mass is 10.2. The standard InChI is InChI=1S/C19H16ClP/c1-15-18(20)13-8-14-19(15)21(16-9-4-2-5-10-16)17-11-6-3-7-12-17/h2-14H,1H3. The van der Waals surface area contributed by atoms with Gasteiger partial charge in [0.25, 0.3) is 0 Å². The molecule has 3 aromatic rings. The lowest BCUT2D eigenvalue weighted by Gasteiger charge is -2.21. The van der Waals surface area contributed by atoms with E-state index in [4.69, 9.17) is 11.6 Å². The Bertz CT molecular complexity index is 684. The Morgan fingerprint density at radius 2 is 1.19 bits per heavy atom. The second-order valence-electron chi connectivity index (χ2n) is 4.89. The van der Waals surface area contributed by atoms with Gasteiger partial charge in [-0.3, -0.25) is 0 Å². The van der Waals surface area contributed by atoms with Crippen LogP contribution in [-0.2, 0) is 0 Å². The first kappa shape index (κ1) is 14.3. The average molecular weight is 311 g/mol. The highest BCUT2D eigenvalue weighted by atomic mass is 35.5. The molecule has 0 bridgehead atoms. The fraction of sp³-hybridized carbons (Fsp3) is 0.0526. The van der Waals surface area contributed by atoms with Crippen molar-refractivity contribution in [2.45, 2.75) is 6.92 Å². The molecule has 0 aliphatic heterocycles. The SMILES string of the molecule is Cc1c(Cl)cccc1P(c1ccccc1)c1ccccc1. The topological polar surface area (TPSA) is 0 Å². The summed E-state index contributed by atoms with van der Waals surface area (Å²) < 4.78 is 0. The van der Waals surface area contributed by atoms with Crippen LogP contribution in [0.4, 0.5) is 0 Å². The van der Waals surface area contributed by atoms with Crippen molar-refractivity contribution in [1.82, 2.24) is 0 Å². The summed E-state index contributed by atoms with van der Waals surface area (Å²) in [6.45, 7) is 2.11. The lowest BCUT2D eigenvalue weighted by molar-refractivity contribution is 1.52. The van der Waals surface area contributed by atoms with Gasteiger partial charge in [0.15, 0.2) is 0 Å². The molecular formula is C19H16ClP. The fourth-order valence-electron chi connectivity index (χ4n) is 2.42. The van der Waals surface area contributed by atoms with Crippen molar-refractivity contribution in [1.29, 1.82) is 0 Å². The van der Waals surface area contributed by atoms with Crippen molar-refractivity contribution in [2.24, 2.45) is 0 Å². The molecule has 21 heavy (non-hydrogen) atoms. The summed E-state index contributed by atoms with van der Waals surface area (Å²) in [4.78, 5) is 0. The normalized spacial score (nSPS) is 10.8. The van der Waals surface area contributed by atoms with Gasteiger partial charge in [-0.1, -0.05) is 84.4 Å². The van der Waals surface area contributed by atoms with Crippen LogP contribution >= 0.6 is 19.5 Å². The van der Waals surface area contributed by atoms with Crippen molar-refractivity contribution < 1.29 is 0 Å². The van der Waals surface area contributed by atoms with E-state index in [0.29, 0.717) is 0 Å². The third kappa shape index (κ3) is 3.02. The molecule has 0 heterocycles. The maximum Gasteiger partial charge on any atom is 0.0441 e. The second-order valence-corrected chi connectivity index (χ2v) is 7.48. The van der Waals surface area contributed by atoms with Crippen molar-refractivity contribution in [3.8, 4) is 0 Å². The minimum absolute atomic E-state index is 0.567. The summed E-state index contributed by atoms with van der Waals surface area (Å²) in [6.07, 6.45) is 0. The number of rotatable bonds is 3. The summed E-state index contributed by atoms with van der Waals surface area (Å²) in [5.74, 6) is 0. The van der Waals surface area contributed by atoms with E-state index in [0.717, 1.165) is 5.02 Å². The molecule has 0 amide bonds. The van der Waals surface area contributed by atoms with Gasteiger partial charge in [-0.05, 0) is 42.4 Å². The average Bonchev–Trinajstić information content (AvgIpc) is 2.54. The van der Waals surface area contributed by atoms with Gasteiger partial charge in [0, 0.05) is 5.02 Å². The van der Waals surface area contributed by atoms with Crippen molar-refractivity contribution in [3.63, 3.8) is 0 Å². The molecule has 0 fully saturated rings. The third-order valence-electron chi connectivity index (χ3n) is 3.51. The van der Waals surface area contributed by atoms with Gasteiger partial charge in [0.2, 0.25) is 0 Å².